The fraction of sp³-hybridized carbons (Fsp3) is 0.182. The van der Waals surface area contributed by atoms with Crippen molar-refractivity contribution in [3.05, 3.63) is 28.2 Å². The number of hydrogen-bond donors (Lipinski definition) is 2. The van der Waals surface area contributed by atoms with Gasteiger partial charge < -0.3 is 14.9 Å². The van der Waals surface area contributed by atoms with E-state index in [9.17, 15) is 9.90 Å². The van der Waals surface area contributed by atoms with E-state index < -0.39 is 5.97 Å². The molecule has 0 unspecified atom stereocenters. The Bertz CT molecular complexity index is 426. The molecule has 0 saturated carbocycles. The van der Waals surface area contributed by atoms with Gasteiger partial charge in [0.25, 0.3) is 0 Å². The lowest BCUT2D eigenvalue weighted by molar-refractivity contribution is -0.131. The van der Waals surface area contributed by atoms with Crippen LogP contribution in [0.15, 0.2) is 22.7 Å². The van der Waals surface area contributed by atoms with Gasteiger partial charge in [0, 0.05) is 6.08 Å². The highest BCUT2D eigenvalue weighted by Crippen LogP contribution is 2.35. The molecule has 0 saturated heterocycles. The van der Waals surface area contributed by atoms with Gasteiger partial charge in [0.1, 0.15) is 0 Å². The van der Waals surface area contributed by atoms with Crippen LogP contribution < -0.4 is 4.74 Å². The molecule has 0 spiro atoms. The molecule has 1 rings (SSSR count). The quantitative estimate of drug-likeness (QED) is 0.835. The van der Waals surface area contributed by atoms with Crippen LogP contribution in [0.5, 0.6) is 11.5 Å². The largest absolute Gasteiger partial charge is 0.503 e. The van der Waals surface area contributed by atoms with E-state index in [0.29, 0.717) is 22.4 Å². The SMILES string of the molecule is CCOc1cc(C=CC(=O)O)cc(Br)c1O. The Kier molecular flexibility index (Phi) is 4.37. The van der Waals surface area contributed by atoms with Crippen molar-refractivity contribution in [2.24, 2.45) is 0 Å². The predicted molar refractivity (Wildman–Crippen MR) is 63.6 cm³/mol. The van der Waals surface area contributed by atoms with Gasteiger partial charge in [0.05, 0.1) is 11.1 Å². The van der Waals surface area contributed by atoms with Gasteiger partial charge in [-0.05, 0) is 46.6 Å². The lowest BCUT2D eigenvalue weighted by atomic mass is 10.2. The van der Waals surface area contributed by atoms with E-state index in [4.69, 9.17) is 9.84 Å². The maximum absolute atomic E-state index is 10.4. The number of aliphatic carboxylic acids is 1. The van der Waals surface area contributed by atoms with Crippen molar-refractivity contribution in [1.82, 2.24) is 0 Å². The Hall–Kier alpha value is -1.49. The molecule has 0 aliphatic carbocycles. The first-order valence-electron chi connectivity index (χ1n) is 4.61. The smallest absolute Gasteiger partial charge is 0.328 e. The first kappa shape index (κ1) is 12.6. The van der Waals surface area contributed by atoms with Gasteiger partial charge in [-0.2, -0.15) is 0 Å². The van der Waals surface area contributed by atoms with Gasteiger partial charge in [-0.3, -0.25) is 0 Å². The molecule has 86 valence electrons. The average Bonchev–Trinajstić information content (AvgIpc) is 2.22. The van der Waals surface area contributed by atoms with E-state index in [2.05, 4.69) is 15.9 Å². The van der Waals surface area contributed by atoms with Gasteiger partial charge in [0.2, 0.25) is 0 Å². The van der Waals surface area contributed by atoms with Crippen molar-refractivity contribution in [1.29, 1.82) is 0 Å². The molecule has 0 atom stereocenters. The lowest BCUT2D eigenvalue weighted by Gasteiger charge is -2.08. The number of carboxylic acids is 1. The molecule has 4 nitrogen and oxygen atoms in total. The van der Waals surface area contributed by atoms with E-state index >= 15 is 0 Å². The molecule has 0 amide bonds. The number of aromatic hydroxyl groups is 1. The van der Waals surface area contributed by atoms with Gasteiger partial charge in [0.15, 0.2) is 11.5 Å². The Morgan fingerprint density at radius 3 is 2.81 bits per heavy atom. The van der Waals surface area contributed by atoms with Crippen LogP contribution in [0.2, 0.25) is 0 Å². The third-order valence-corrected chi connectivity index (χ3v) is 2.37. The maximum Gasteiger partial charge on any atom is 0.328 e. The number of carbonyl (C=O) groups is 1. The second kappa shape index (κ2) is 5.55. The number of hydrogen-bond acceptors (Lipinski definition) is 3. The van der Waals surface area contributed by atoms with Crippen LogP contribution in [0.4, 0.5) is 0 Å². The minimum Gasteiger partial charge on any atom is -0.503 e. The molecule has 0 aromatic heterocycles. The zero-order chi connectivity index (χ0) is 12.1. The molecule has 0 fully saturated rings. The van der Waals surface area contributed by atoms with Crippen molar-refractivity contribution in [2.45, 2.75) is 6.92 Å². The summed E-state index contributed by atoms with van der Waals surface area (Å²) in [5.74, 6) is -0.696. The number of halogens is 1. The molecule has 0 bridgehead atoms. The van der Waals surface area contributed by atoms with Crippen LogP contribution in [0.3, 0.4) is 0 Å². The van der Waals surface area contributed by atoms with Gasteiger partial charge in [-0.1, -0.05) is 0 Å². The summed E-state index contributed by atoms with van der Waals surface area (Å²) in [5, 5.41) is 18.1. The Labute approximate surface area is 101 Å². The Morgan fingerprint density at radius 2 is 2.25 bits per heavy atom. The maximum atomic E-state index is 10.4. The normalized spacial score (nSPS) is 10.6. The number of ether oxygens (including phenoxy) is 1. The van der Waals surface area contributed by atoms with E-state index in [1.54, 1.807) is 19.1 Å². The molecular formula is C11H11BrO4. The second-order valence-corrected chi connectivity index (χ2v) is 3.81. The van der Waals surface area contributed by atoms with Gasteiger partial charge >= 0.3 is 5.97 Å². The van der Waals surface area contributed by atoms with E-state index in [-0.39, 0.29) is 5.75 Å². The molecule has 5 heteroatoms. The summed E-state index contributed by atoms with van der Waals surface area (Å²) in [6.07, 6.45) is 2.45. The molecule has 0 aliphatic heterocycles. The van der Waals surface area contributed by atoms with Crippen molar-refractivity contribution in [3.8, 4) is 11.5 Å². The molecule has 2 N–H and O–H groups in total. The monoisotopic (exact) mass is 286 g/mol. The van der Waals surface area contributed by atoms with Gasteiger partial charge in [-0.15, -0.1) is 0 Å². The first-order chi connectivity index (χ1) is 7.54. The minimum atomic E-state index is -1.03. The highest BCUT2D eigenvalue weighted by molar-refractivity contribution is 9.10. The summed E-state index contributed by atoms with van der Waals surface area (Å²) >= 11 is 3.16. The fourth-order valence-electron chi connectivity index (χ4n) is 1.12. The number of carboxylic acid groups (broad SMARTS) is 1. The molecule has 16 heavy (non-hydrogen) atoms. The summed E-state index contributed by atoms with van der Waals surface area (Å²) < 4.78 is 5.67. The molecule has 0 radical (unpaired) electrons. The number of rotatable bonds is 4. The van der Waals surface area contributed by atoms with Crippen LogP contribution in [-0.4, -0.2) is 22.8 Å². The summed E-state index contributed by atoms with van der Waals surface area (Å²) in [7, 11) is 0. The standard InChI is InChI=1S/C11H11BrO4/c1-2-16-9-6-7(3-4-10(13)14)5-8(12)11(9)15/h3-6,15H,2H2,1H3,(H,13,14). The van der Waals surface area contributed by atoms with Crippen LogP contribution in [0, 0.1) is 0 Å². The Morgan fingerprint density at radius 1 is 1.56 bits per heavy atom. The molecule has 0 aliphatic rings. The molecule has 0 heterocycles. The topological polar surface area (TPSA) is 66.8 Å². The fourth-order valence-corrected chi connectivity index (χ4v) is 1.58. The zero-order valence-electron chi connectivity index (χ0n) is 8.61. The van der Waals surface area contributed by atoms with Crippen LogP contribution >= 0.6 is 15.9 Å². The number of phenolic OH excluding ortho intramolecular Hbond substituents is 1. The second-order valence-electron chi connectivity index (χ2n) is 2.95. The third kappa shape index (κ3) is 3.27. The third-order valence-electron chi connectivity index (χ3n) is 1.77. The summed E-state index contributed by atoms with van der Waals surface area (Å²) in [6, 6.07) is 3.18. The first-order valence-corrected chi connectivity index (χ1v) is 5.40. The zero-order valence-corrected chi connectivity index (χ0v) is 10.2. The van der Waals surface area contributed by atoms with E-state index in [0.717, 1.165) is 6.08 Å². The predicted octanol–water partition coefficient (Wildman–Crippen LogP) is 2.65. The summed E-state index contributed by atoms with van der Waals surface area (Å²) in [5.41, 5.74) is 0.635. The highest BCUT2D eigenvalue weighted by atomic mass is 79.9. The minimum absolute atomic E-state index is 0.00863. The number of benzene rings is 1. The van der Waals surface area contributed by atoms with Crippen molar-refractivity contribution >= 4 is 28.0 Å². The average molecular weight is 287 g/mol. The number of phenols is 1. The molecular weight excluding hydrogens is 276 g/mol. The van der Waals surface area contributed by atoms with E-state index in [1.807, 2.05) is 0 Å². The molecule has 1 aromatic rings. The summed E-state index contributed by atoms with van der Waals surface area (Å²) in [6.45, 7) is 2.22. The summed E-state index contributed by atoms with van der Waals surface area (Å²) in [4.78, 5) is 10.4. The highest BCUT2D eigenvalue weighted by Gasteiger charge is 2.07. The Balaban J connectivity index is 3.08. The van der Waals surface area contributed by atoms with Gasteiger partial charge in [-0.25, -0.2) is 4.79 Å². The lowest BCUT2D eigenvalue weighted by Crippen LogP contribution is -1.93. The molecule has 1 aromatic carbocycles. The van der Waals surface area contributed by atoms with Crippen molar-refractivity contribution in [2.75, 3.05) is 6.61 Å². The van der Waals surface area contributed by atoms with Crippen LogP contribution in [-0.2, 0) is 4.79 Å². The van der Waals surface area contributed by atoms with Crippen molar-refractivity contribution in [3.63, 3.8) is 0 Å². The van der Waals surface area contributed by atoms with Crippen LogP contribution in [0.1, 0.15) is 12.5 Å². The van der Waals surface area contributed by atoms with Crippen molar-refractivity contribution < 1.29 is 19.7 Å². The van der Waals surface area contributed by atoms with Crippen LogP contribution in [0.25, 0.3) is 6.08 Å². The van der Waals surface area contributed by atoms with E-state index in [1.165, 1.54) is 6.08 Å².